The molecule has 5 nitrogen and oxygen atoms in total. The third-order valence-electron chi connectivity index (χ3n) is 9.05. The van der Waals surface area contributed by atoms with Gasteiger partial charge in [-0.05, 0) is 71.4 Å². The molecule has 0 unspecified atom stereocenters. The summed E-state index contributed by atoms with van der Waals surface area (Å²) in [5.74, 6) is 3.50. The van der Waals surface area contributed by atoms with Crippen LogP contribution >= 0.6 is 0 Å². The summed E-state index contributed by atoms with van der Waals surface area (Å²) in [6.07, 6.45) is 0. The van der Waals surface area contributed by atoms with E-state index in [0.29, 0.717) is 28.8 Å². The Morgan fingerprint density at radius 1 is 0.468 bits per heavy atom. The van der Waals surface area contributed by atoms with Crippen LogP contribution in [0.5, 0.6) is 23.0 Å². The van der Waals surface area contributed by atoms with E-state index in [0.717, 1.165) is 49.8 Å². The van der Waals surface area contributed by atoms with Crippen molar-refractivity contribution < 1.29 is 9.47 Å². The summed E-state index contributed by atoms with van der Waals surface area (Å²) in [5, 5.41) is 5.70. The van der Waals surface area contributed by atoms with Crippen molar-refractivity contribution in [3.63, 3.8) is 0 Å². The zero-order chi connectivity index (χ0) is 30.9. The summed E-state index contributed by atoms with van der Waals surface area (Å²) >= 11 is 0. The molecule has 1 aliphatic rings. The van der Waals surface area contributed by atoms with Crippen molar-refractivity contribution in [2.45, 2.75) is 0 Å². The van der Waals surface area contributed by atoms with Crippen LogP contribution in [-0.4, -0.2) is 14.5 Å². The van der Waals surface area contributed by atoms with Crippen molar-refractivity contribution in [3.05, 3.63) is 152 Å². The molecular weight excluding hydrogens is 578 g/mol. The number of hydrogen-bond acceptors (Lipinski definition) is 4. The van der Waals surface area contributed by atoms with E-state index in [-0.39, 0.29) is 0 Å². The molecule has 0 aliphatic carbocycles. The molecule has 0 saturated heterocycles. The third kappa shape index (κ3) is 3.97. The summed E-state index contributed by atoms with van der Waals surface area (Å²) in [5.41, 5.74) is 6.91. The molecule has 0 amide bonds. The van der Waals surface area contributed by atoms with Crippen LogP contribution in [0.3, 0.4) is 0 Å². The van der Waals surface area contributed by atoms with Crippen LogP contribution in [0, 0.1) is 0 Å². The Labute approximate surface area is 269 Å². The van der Waals surface area contributed by atoms with E-state index in [2.05, 4.69) is 89.5 Å². The normalized spacial score (nSPS) is 12.2. The molecule has 1 aliphatic heterocycles. The fraction of sp³-hybridized carbons (Fsp3) is 0. The Morgan fingerprint density at radius 3 is 2.04 bits per heavy atom. The van der Waals surface area contributed by atoms with Gasteiger partial charge in [0, 0.05) is 33.0 Å². The van der Waals surface area contributed by atoms with E-state index < -0.39 is 0 Å². The van der Waals surface area contributed by atoms with Crippen molar-refractivity contribution in [2.24, 2.45) is 0 Å². The van der Waals surface area contributed by atoms with E-state index in [1.807, 2.05) is 66.7 Å². The van der Waals surface area contributed by atoms with E-state index in [4.69, 9.17) is 19.4 Å². The van der Waals surface area contributed by atoms with Gasteiger partial charge < -0.3 is 14.0 Å². The topological polar surface area (TPSA) is 49.2 Å². The van der Waals surface area contributed by atoms with Gasteiger partial charge in [0.2, 0.25) is 0 Å². The summed E-state index contributed by atoms with van der Waals surface area (Å²) in [6.45, 7) is 0. The molecule has 0 spiro atoms. The smallest absolute Gasteiger partial charge is 0.194 e. The van der Waals surface area contributed by atoms with Crippen LogP contribution in [0.15, 0.2) is 152 Å². The van der Waals surface area contributed by atoms with Crippen LogP contribution in [0.2, 0.25) is 0 Å². The first-order valence-corrected chi connectivity index (χ1v) is 15.7. The lowest BCUT2D eigenvalue weighted by atomic mass is 10.0. The maximum absolute atomic E-state index is 6.62. The SMILES string of the molecule is c1ccc(-c2nc(-c3ccc(-n4c5ccc6ccccc6c5c5ccc6c(c54)Oc4ccccc4O6)cc3)nc3ccccc23)cc1. The molecule has 3 heterocycles. The molecule has 47 heavy (non-hydrogen) atoms. The molecular formula is C42H25N3O2. The van der Waals surface area contributed by atoms with Crippen molar-refractivity contribution >= 4 is 43.5 Å². The molecule has 5 heteroatoms. The average Bonchev–Trinajstić information content (AvgIpc) is 3.49. The molecule has 0 fully saturated rings. The molecule has 0 bridgehead atoms. The molecule has 0 N–H and O–H groups in total. The second kappa shape index (κ2) is 10.0. The predicted molar refractivity (Wildman–Crippen MR) is 189 cm³/mol. The van der Waals surface area contributed by atoms with Crippen molar-refractivity contribution in [1.82, 2.24) is 14.5 Å². The Hall–Kier alpha value is -6.46. The summed E-state index contributed by atoms with van der Waals surface area (Å²) in [6, 6.07) is 51.9. The van der Waals surface area contributed by atoms with Crippen molar-refractivity contribution in [1.29, 1.82) is 0 Å². The Morgan fingerprint density at radius 2 is 1.19 bits per heavy atom. The van der Waals surface area contributed by atoms with Crippen molar-refractivity contribution in [2.75, 3.05) is 0 Å². The number of nitrogens with zero attached hydrogens (tertiary/aromatic N) is 3. The minimum Gasteiger partial charge on any atom is -0.449 e. The lowest BCUT2D eigenvalue weighted by Gasteiger charge is -2.22. The largest absolute Gasteiger partial charge is 0.449 e. The van der Waals surface area contributed by atoms with Gasteiger partial charge in [0.05, 0.1) is 16.7 Å². The van der Waals surface area contributed by atoms with Gasteiger partial charge in [-0.15, -0.1) is 0 Å². The number of benzene rings is 7. The quantitative estimate of drug-likeness (QED) is 0.202. The molecule has 9 aromatic rings. The number of hydrogen-bond donors (Lipinski definition) is 0. The van der Waals surface area contributed by atoms with E-state index in [1.54, 1.807) is 0 Å². The molecule has 220 valence electrons. The summed E-state index contributed by atoms with van der Waals surface area (Å²) in [4.78, 5) is 10.1. The second-order valence-electron chi connectivity index (χ2n) is 11.8. The van der Waals surface area contributed by atoms with E-state index >= 15 is 0 Å². The fourth-order valence-electron chi connectivity index (χ4n) is 6.90. The van der Waals surface area contributed by atoms with E-state index in [9.17, 15) is 0 Å². The number of rotatable bonds is 3. The number of fused-ring (bicyclic) bond motifs is 9. The summed E-state index contributed by atoms with van der Waals surface area (Å²) in [7, 11) is 0. The molecule has 2 aromatic heterocycles. The maximum Gasteiger partial charge on any atom is 0.194 e. The first kappa shape index (κ1) is 25.8. The number of ether oxygens (including phenoxy) is 2. The van der Waals surface area contributed by atoms with Crippen LogP contribution in [-0.2, 0) is 0 Å². The second-order valence-corrected chi connectivity index (χ2v) is 11.8. The number of para-hydroxylation sites is 3. The highest BCUT2D eigenvalue weighted by Crippen LogP contribution is 2.51. The van der Waals surface area contributed by atoms with E-state index in [1.165, 1.54) is 16.2 Å². The highest BCUT2D eigenvalue weighted by atomic mass is 16.6. The molecule has 7 aromatic carbocycles. The van der Waals surface area contributed by atoms with Crippen LogP contribution in [0.4, 0.5) is 0 Å². The predicted octanol–water partition coefficient (Wildman–Crippen LogP) is 11.1. The average molecular weight is 604 g/mol. The lowest BCUT2D eigenvalue weighted by molar-refractivity contribution is 0.362. The zero-order valence-corrected chi connectivity index (χ0v) is 25.1. The van der Waals surface area contributed by atoms with Gasteiger partial charge >= 0.3 is 0 Å². The third-order valence-corrected chi connectivity index (χ3v) is 9.05. The Kier molecular flexibility index (Phi) is 5.51. The fourth-order valence-corrected chi connectivity index (χ4v) is 6.90. The van der Waals surface area contributed by atoms with Gasteiger partial charge in [-0.1, -0.05) is 91.0 Å². The lowest BCUT2D eigenvalue weighted by Crippen LogP contribution is -2.02. The zero-order valence-electron chi connectivity index (χ0n) is 25.1. The standard InChI is InChI=1S/C42H25N3O2/c1-2-11-27(12-3-1)39-31-14-6-7-15-33(31)43-42(44-39)28-18-21-29(22-19-28)45-34-24-20-26-10-4-5-13-30(26)38(34)32-23-25-37-41(40(32)45)47-36-17-9-8-16-35(36)46-37/h1-25H. The first-order valence-electron chi connectivity index (χ1n) is 15.7. The van der Waals surface area contributed by atoms with Gasteiger partial charge in [-0.2, -0.15) is 0 Å². The van der Waals surface area contributed by atoms with Crippen LogP contribution < -0.4 is 9.47 Å². The minimum absolute atomic E-state index is 0.688. The highest BCUT2D eigenvalue weighted by molar-refractivity contribution is 6.22. The maximum atomic E-state index is 6.62. The van der Waals surface area contributed by atoms with Gasteiger partial charge in [0.1, 0.15) is 5.52 Å². The first-order chi connectivity index (χ1) is 23.3. The molecule has 10 rings (SSSR count). The minimum atomic E-state index is 0.688. The summed E-state index contributed by atoms with van der Waals surface area (Å²) < 4.78 is 15.3. The monoisotopic (exact) mass is 603 g/mol. The molecule has 0 saturated carbocycles. The molecule has 0 atom stereocenters. The Balaban J connectivity index is 1.19. The Bertz CT molecular complexity index is 2680. The van der Waals surface area contributed by atoms with Gasteiger partial charge in [-0.3, -0.25) is 0 Å². The van der Waals surface area contributed by atoms with Gasteiger partial charge in [0.25, 0.3) is 0 Å². The number of aromatic nitrogens is 3. The van der Waals surface area contributed by atoms with Crippen LogP contribution in [0.1, 0.15) is 0 Å². The molecule has 0 radical (unpaired) electrons. The van der Waals surface area contributed by atoms with Crippen LogP contribution in [0.25, 0.3) is 71.8 Å². The highest BCUT2D eigenvalue weighted by Gasteiger charge is 2.26. The van der Waals surface area contributed by atoms with Gasteiger partial charge in [0.15, 0.2) is 28.8 Å². The van der Waals surface area contributed by atoms with Crippen molar-refractivity contribution in [3.8, 4) is 51.3 Å². The van der Waals surface area contributed by atoms with Gasteiger partial charge in [-0.25, -0.2) is 9.97 Å².